The fraction of sp³-hybridized carbons (Fsp3) is 0.778. The Morgan fingerprint density at radius 3 is 2.46 bits per heavy atom. The van der Waals surface area contributed by atoms with Crippen LogP contribution in [0.4, 0.5) is 0 Å². The molecule has 76 valence electrons. The molecule has 0 amide bonds. The highest BCUT2D eigenvalue weighted by Crippen LogP contribution is 2.24. The minimum absolute atomic E-state index is 0.00662. The number of methoxy groups -OCH3 is 1. The molecule has 13 heavy (non-hydrogen) atoms. The molecular formula is C9H18NO3+. The highest BCUT2D eigenvalue weighted by molar-refractivity contribution is 5.11. The quantitative estimate of drug-likeness (QED) is 0.496. The number of ether oxygens (including phenoxy) is 2. The third-order valence-corrected chi connectivity index (χ3v) is 1.81. The fourth-order valence-electron chi connectivity index (χ4n) is 1.13. The molecule has 0 aliphatic carbocycles. The van der Waals surface area contributed by atoms with E-state index in [-0.39, 0.29) is 6.10 Å². The lowest BCUT2D eigenvalue weighted by atomic mass is 10.3. The summed E-state index contributed by atoms with van der Waals surface area (Å²) in [4.78, 5) is 0. The Balaban J connectivity index is 2.45. The summed E-state index contributed by atoms with van der Waals surface area (Å²) in [5.41, 5.74) is 0. The molecule has 1 rings (SSSR count). The monoisotopic (exact) mass is 188 g/mol. The van der Waals surface area contributed by atoms with Gasteiger partial charge < -0.3 is 19.1 Å². The van der Waals surface area contributed by atoms with Crippen LogP contribution >= 0.6 is 0 Å². The van der Waals surface area contributed by atoms with Gasteiger partial charge in [0.2, 0.25) is 0 Å². The van der Waals surface area contributed by atoms with Crippen LogP contribution in [0.1, 0.15) is 0 Å². The molecule has 0 aromatic rings. The number of hydrogen-bond donors (Lipinski definition) is 1. The highest BCUT2D eigenvalue weighted by atomic mass is 16.7. The van der Waals surface area contributed by atoms with E-state index in [1.165, 1.54) is 0 Å². The van der Waals surface area contributed by atoms with Gasteiger partial charge in [-0.1, -0.05) is 0 Å². The van der Waals surface area contributed by atoms with Crippen LogP contribution < -0.4 is 0 Å². The van der Waals surface area contributed by atoms with E-state index in [0.717, 1.165) is 11.0 Å². The molecule has 4 heteroatoms. The van der Waals surface area contributed by atoms with Crippen LogP contribution in [0.15, 0.2) is 11.8 Å². The van der Waals surface area contributed by atoms with Crippen molar-refractivity contribution in [3.63, 3.8) is 0 Å². The summed E-state index contributed by atoms with van der Waals surface area (Å²) in [7, 11) is 7.93. The standard InChI is InChI=1S/C9H18NO3/c1-10(2,3)6-7(12-4)5-8-9(11)13-8/h5,7,9,11H,6H2,1-4H3/q+1/b8-5+. The van der Waals surface area contributed by atoms with Gasteiger partial charge in [0.05, 0.1) is 21.1 Å². The zero-order valence-corrected chi connectivity index (χ0v) is 8.65. The minimum Gasteiger partial charge on any atom is -0.455 e. The first-order valence-electron chi connectivity index (χ1n) is 4.32. The Bertz CT molecular complexity index is 207. The van der Waals surface area contributed by atoms with Crippen molar-refractivity contribution >= 4 is 0 Å². The number of aliphatic hydroxyl groups is 1. The average Bonchev–Trinajstić information content (AvgIpc) is 2.62. The second-order valence-electron chi connectivity index (χ2n) is 4.29. The van der Waals surface area contributed by atoms with Crippen LogP contribution in [0.2, 0.25) is 0 Å². The fourth-order valence-corrected chi connectivity index (χ4v) is 1.13. The second kappa shape index (κ2) is 3.65. The van der Waals surface area contributed by atoms with Crippen molar-refractivity contribution in [3.8, 4) is 0 Å². The Labute approximate surface area is 79.0 Å². The first kappa shape index (κ1) is 10.5. The molecule has 1 fully saturated rings. The summed E-state index contributed by atoms with van der Waals surface area (Å²) in [5, 5.41) is 8.92. The van der Waals surface area contributed by atoms with Crippen LogP contribution in [0.25, 0.3) is 0 Å². The highest BCUT2D eigenvalue weighted by Gasteiger charge is 2.31. The van der Waals surface area contributed by atoms with Gasteiger partial charge in [0.25, 0.3) is 6.29 Å². The number of epoxide rings is 1. The Kier molecular flexibility index (Phi) is 2.95. The van der Waals surface area contributed by atoms with Gasteiger partial charge in [0.15, 0.2) is 5.76 Å². The molecule has 0 radical (unpaired) electrons. The van der Waals surface area contributed by atoms with Crippen molar-refractivity contribution < 1.29 is 19.1 Å². The third kappa shape index (κ3) is 3.76. The van der Waals surface area contributed by atoms with E-state index >= 15 is 0 Å². The van der Waals surface area contributed by atoms with Gasteiger partial charge in [-0.05, 0) is 6.08 Å². The van der Waals surface area contributed by atoms with Crippen molar-refractivity contribution in [2.24, 2.45) is 0 Å². The van der Waals surface area contributed by atoms with E-state index in [1.807, 2.05) is 6.08 Å². The first-order valence-corrected chi connectivity index (χ1v) is 4.32. The Morgan fingerprint density at radius 2 is 2.15 bits per heavy atom. The smallest absolute Gasteiger partial charge is 0.256 e. The van der Waals surface area contributed by atoms with Gasteiger partial charge in [-0.3, -0.25) is 0 Å². The molecule has 0 aromatic carbocycles. The van der Waals surface area contributed by atoms with Gasteiger partial charge in [-0.15, -0.1) is 0 Å². The molecule has 1 aliphatic rings. The lowest BCUT2D eigenvalue weighted by Crippen LogP contribution is -2.41. The summed E-state index contributed by atoms with van der Waals surface area (Å²) in [6.45, 7) is 0.857. The molecule has 0 bridgehead atoms. The van der Waals surface area contributed by atoms with Crippen molar-refractivity contribution in [2.75, 3.05) is 34.8 Å². The molecule has 1 heterocycles. The van der Waals surface area contributed by atoms with Crippen LogP contribution in [-0.4, -0.2) is 56.8 Å². The Morgan fingerprint density at radius 1 is 1.62 bits per heavy atom. The summed E-state index contributed by atoms with van der Waals surface area (Å²) in [5.74, 6) is 0.625. The number of nitrogens with zero attached hydrogens (tertiary/aromatic N) is 1. The molecule has 0 spiro atoms. The Hall–Kier alpha value is -0.580. The van der Waals surface area contributed by atoms with E-state index in [9.17, 15) is 0 Å². The lowest BCUT2D eigenvalue weighted by molar-refractivity contribution is -0.872. The summed E-state index contributed by atoms with van der Waals surface area (Å²) in [6.07, 6.45) is 1.14. The molecule has 0 aromatic heterocycles. The zero-order chi connectivity index (χ0) is 10.1. The van der Waals surface area contributed by atoms with Crippen LogP contribution in [0.5, 0.6) is 0 Å². The molecule has 1 aliphatic heterocycles. The van der Waals surface area contributed by atoms with Crippen LogP contribution in [0.3, 0.4) is 0 Å². The third-order valence-electron chi connectivity index (χ3n) is 1.81. The normalized spacial score (nSPS) is 27.2. The lowest BCUT2D eigenvalue weighted by Gasteiger charge is -2.26. The summed E-state index contributed by atoms with van der Waals surface area (Å²) >= 11 is 0. The van der Waals surface area contributed by atoms with E-state index in [1.54, 1.807) is 7.11 Å². The maximum absolute atomic E-state index is 8.92. The molecule has 0 saturated carbocycles. The average molecular weight is 188 g/mol. The zero-order valence-electron chi connectivity index (χ0n) is 8.65. The van der Waals surface area contributed by atoms with Crippen molar-refractivity contribution in [2.45, 2.75) is 12.4 Å². The number of aliphatic hydroxyl groups excluding tert-OH is 1. The van der Waals surface area contributed by atoms with E-state index in [0.29, 0.717) is 5.76 Å². The van der Waals surface area contributed by atoms with Gasteiger partial charge in [0, 0.05) is 7.11 Å². The van der Waals surface area contributed by atoms with Crippen molar-refractivity contribution in [3.05, 3.63) is 11.8 Å². The van der Waals surface area contributed by atoms with Gasteiger partial charge >= 0.3 is 0 Å². The maximum Gasteiger partial charge on any atom is 0.256 e. The number of likely N-dealkylation sites (N-methyl/N-ethyl adjacent to an activating group) is 1. The largest absolute Gasteiger partial charge is 0.455 e. The van der Waals surface area contributed by atoms with Crippen LogP contribution in [-0.2, 0) is 9.47 Å². The van der Waals surface area contributed by atoms with E-state index < -0.39 is 6.29 Å². The maximum atomic E-state index is 8.92. The van der Waals surface area contributed by atoms with Gasteiger partial charge in [-0.2, -0.15) is 0 Å². The topological polar surface area (TPSA) is 42.0 Å². The van der Waals surface area contributed by atoms with Crippen LogP contribution in [0, 0.1) is 0 Å². The molecular weight excluding hydrogens is 170 g/mol. The SMILES string of the molecule is COC(/C=C1/OC1O)C[N+](C)(C)C. The summed E-state index contributed by atoms with van der Waals surface area (Å²) < 4.78 is 10.9. The predicted molar refractivity (Wildman–Crippen MR) is 48.9 cm³/mol. The second-order valence-corrected chi connectivity index (χ2v) is 4.29. The number of rotatable bonds is 4. The van der Waals surface area contributed by atoms with Gasteiger partial charge in [-0.25, -0.2) is 0 Å². The molecule has 1 saturated heterocycles. The van der Waals surface area contributed by atoms with Crippen molar-refractivity contribution in [1.82, 2.24) is 0 Å². The van der Waals surface area contributed by atoms with E-state index in [2.05, 4.69) is 21.1 Å². The van der Waals surface area contributed by atoms with Gasteiger partial charge in [0.1, 0.15) is 12.6 Å². The van der Waals surface area contributed by atoms with Crippen molar-refractivity contribution in [1.29, 1.82) is 0 Å². The minimum atomic E-state index is -0.690. The molecule has 2 atom stereocenters. The molecule has 4 nitrogen and oxygen atoms in total. The summed E-state index contributed by atoms with van der Waals surface area (Å²) in [6, 6.07) is 0. The number of hydrogen-bond acceptors (Lipinski definition) is 3. The number of quaternary nitrogens is 1. The van der Waals surface area contributed by atoms with E-state index in [4.69, 9.17) is 14.6 Å². The molecule has 1 N–H and O–H groups in total. The first-order chi connectivity index (χ1) is 5.92. The molecule has 2 unspecified atom stereocenters. The predicted octanol–water partition coefficient (Wildman–Crippen LogP) is -0.0599.